The van der Waals surface area contributed by atoms with E-state index in [4.69, 9.17) is 10.9 Å². The lowest BCUT2D eigenvalue weighted by Crippen LogP contribution is -2.53. The maximum absolute atomic E-state index is 8.44. The van der Waals surface area contributed by atoms with E-state index < -0.39 is 0 Å². The number of oxime groups is 1. The number of hydrogen-bond acceptors (Lipinski definition) is 4. The first-order valence-electron chi connectivity index (χ1n) is 6.37. The molecule has 0 radical (unpaired) electrons. The predicted molar refractivity (Wildman–Crippen MR) is 70.4 cm³/mol. The molecule has 17 heavy (non-hydrogen) atoms. The van der Waals surface area contributed by atoms with Crippen LogP contribution in [0.1, 0.15) is 33.6 Å². The summed E-state index contributed by atoms with van der Waals surface area (Å²) in [7, 11) is 0. The molecule has 0 saturated carbocycles. The number of amidine groups is 1. The lowest BCUT2D eigenvalue weighted by Gasteiger charge is -2.42. The van der Waals surface area contributed by atoms with E-state index >= 15 is 0 Å². The van der Waals surface area contributed by atoms with Crippen molar-refractivity contribution in [2.45, 2.75) is 39.2 Å². The minimum Gasteiger partial charge on any atom is -0.409 e. The zero-order valence-electron chi connectivity index (χ0n) is 11.3. The molecule has 0 aromatic rings. The van der Waals surface area contributed by atoms with E-state index in [-0.39, 0.29) is 5.54 Å². The van der Waals surface area contributed by atoms with Crippen molar-refractivity contribution in [1.29, 1.82) is 0 Å². The first-order valence-corrected chi connectivity index (χ1v) is 6.37. The Morgan fingerprint density at radius 1 is 1.24 bits per heavy atom. The standard InChI is InChI=1S/C12H26N4O/c1-12(2,3)16-9-7-15(8-10-16)6-4-5-11(13)14-17/h17H,4-10H2,1-3H3,(H2,13,14). The van der Waals surface area contributed by atoms with Crippen LogP contribution >= 0.6 is 0 Å². The molecule has 0 spiro atoms. The molecule has 0 aromatic carbocycles. The van der Waals surface area contributed by atoms with Crippen molar-refractivity contribution in [2.24, 2.45) is 10.9 Å². The Hall–Kier alpha value is -0.810. The van der Waals surface area contributed by atoms with E-state index in [1.165, 1.54) is 0 Å². The normalized spacial score (nSPS) is 20.8. The smallest absolute Gasteiger partial charge is 0.139 e. The van der Waals surface area contributed by atoms with Gasteiger partial charge in [-0.1, -0.05) is 5.16 Å². The van der Waals surface area contributed by atoms with Gasteiger partial charge in [0.2, 0.25) is 0 Å². The molecule has 0 aromatic heterocycles. The molecule has 1 rings (SSSR count). The van der Waals surface area contributed by atoms with Gasteiger partial charge in [-0.3, -0.25) is 4.90 Å². The van der Waals surface area contributed by atoms with Crippen molar-refractivity contribution in [3.05, 3.63) is 0 Å². The largest absolute Gasteiger partial charge is 0.409 e. The second kappa shape index (κ2) is 6.21. The monoisotopic (exact) mass is 242 g/mol. The number of rotatable bonds is 4. The summed E-state index contributed by atoms with van der Waals surface area (Å²) in [5.74, 6) is 0.332. The second-order valence-corrected chi connectivity index (χ2v) is 5.69. The van der Waals surface area contributed by atoms with Crippen LogP contribution in [-0.4, -0.2) is 59.1 Å². The van der Waals surface area contributed by atoms with Crippen LogP contribution in [0.5, 0.6) is 0 Å². The summed E-state index contributed by atoms with van der Waals surface area (Å²) in [5.41, 5.74) is 5.72. The van der Waals surface area contributed by atoms with Gasteiger partial charge in [-0.25, -0.2) is 0 Å². The molecule has 1 aliphatic rings. The summed E-state index contributed by atoms with van der Waals surface area (Å²) in [5, 5.41) is 11.4. The lowest BCUT2D eigenvalue weighted by atomic mass is 10.0. The van der Waals surface area contributed by atoms with Gasteiger partial charge in [-0.05, 0) is 33.7 Å². The van der Waals surface area contributed by atoms with Crippen LogP contribution in [0.3, 0.4) is 0 Å². The van der Waals surface area contributed by atoms with Gasteiger partial charge in [-0.2, -0.15) is 0 Å². The van der Waals surface area contributed by atoms with Crippen molar-refractivity contribution in [3.8, 4) is 0 Å². The fraction of sp³-hybridized carbons (Fsp3) is 0.917. The van der Waals surface area contributed by atoms with Crippen molar-refractivity contribution in [2.75, 3.05) is 32.7 Å². The molecular formula is C12H26N4O. The summed E-state index contributed by atoms with van der Waals surface area (Å²) in [4.78, 5) is 4.97. The van der Waals surface area contributed by atoms with Crippen LogP contribution in [-0.2, 0) is 0 Å². The maximum atomic E-state index is 8.44. The minimum atomic E-state index is 0.278. The molecule has 0 amide bonds. The Labute approximate surface area is 104 Å². The van der Waals surface area contributed by atoms with E-state index in [1.807, 2.05) is 0 Å². The molecular weight excluding hydrogens is 216 g/mol. The molecule has 0 atom stereocenters. The van der Waals surface area contributed by atoms with Crippen LogP contribution in [0.25, 0.3) is 0 Å². The Bertz CT molecular complexity index is 252. The van der Waals surface area contributed by atoms with Gasteiger partial charge < -0.3 is 15.8 Å². The predicted octanol–water partition coefficient (Wildman–Crippen LogP) is 0.929. The molecule has 1 fully saturated rings. The minimum absolute atomic E-state index is 0.278. The highest BCUT2D eigenvalue weighted by Gasteiger charge is 2.25. The van der Waals surface area contributed by atoms with Gasteiger partial charge in [0.25, 0.3) is 0 Å². The highest BCUT2D eigenvalue weighted by molar-refractivity contribution is 5.79. The van der Waals surface area contributed by atoms with Crippen molar-refractivity contribution < 1.29 is 5.21 Å². The quantitative estimate of drug-likeness (QED) is 0.333. The van der Waals surface area contributed by atoms with E-state index in [9.17, 15) is 0 Å². The van der Waals surface area contributed by atoms with Gasteiger partial charge in [0.05, 0.1) is 0 Å². The van der Waals surface area contributed by atoms with Crippen LogP contribution < -0.4 is 5.73 Å². The highest BCUT2D eigenvalue weighted by Crippen LogP contribution is 2.15. The Morgan fingerprint density at radius 2 is 1.82 bits per heavy atom. The molecule has 0 aliphatic carbocycles. The molecule has 100 valence electrons. The summed E-state index contributed by atoms with van der Waals surface area (Å²) in [6.07, 6.45) is 1.64. The van der Waals surface area contributed by atoms with E-state index in [0.29, 0.717) is 12.3 Å². The molecule has 5 nitrogen and oxygen atoms in total. The van der Waals surface area contributed by atoms with Crippen molar-refractivity contribution in [1.82, 2.24) is 9.80 Å². The lowest BCUT2D eigenvalue weighted by molar-refractivity contribution is 0.0621. The highest BCUT2D eigenvalue weighted by atomic mass is 16.4. The summed E-state index contributed by atoms with van der Waals surface area (Å²) in [6.45, 7) is 12.3. The number of hydrogen-bond donors (Lipinski definition) is 2. The molecule has 1 aliphatic heterocycles. The van der Waals surface area contributed by atoms with Gasteiger partial charge in [-0.15, -0.1) is 0 Å². The van der Waals surface area contributed by atoms with E-state index in [2.05, 4.69) is 35.7 Å². The average molecular weight is 242 g/mol. The van der Waals surface area contributed by atoms with E-state index in [0.717, 1.165) is 39.1 Å². The Kier molecular flexibility index (Phi) is 5.21. The third-order valence-corrected chi connectivity index (χ3v) is 3.36. The first kappa shape index (κ1) is 14.3. The summed E-state index contributed by atoms with van der Waals surface area (Å²) < 4.78 is 0. The molecule has 3 N–H and O–H groups in total. The molecule has 0 bridgehead atoms. The van der Waals surface area contributed by atoms with Gasteiger partial charge in [0.1, 0.15) is 5.84 Å². The van der Waals surface area contributed by atoms with Crippen LogP contribution in [0.2, 0.25) is 0 Å². The third-order valence-electron chi connectivity index (χ3n) is 3.36. The molecule has 1 heterocycles. The van der Waals surface area contributed by atoms with Crippen LogP contribution in [0.4, 0.5) is 0 Å². The molecule has 1 saturated heterocycles. The second-order valence-electron chi connectivity index (χ2n) is 5.69. The zero-order valence-corrected chi connectivity index (χ0v) is 11.3. The maximum Gasteiger partial charge on any atom is 0.139 e. The summed E-state index contributed by atoms with van der Waals surface area (Å²) in [6, 6.07) is 0. The average Bonchev–Trinajstić information content (AvgIpc) is 2.28. The Balaban J connectivity index is 2.19. The van der Waals surface area contributed by atoms with Crippen LogP contribution in [0, 0.1) is 0 Å². The topological polar surface area (TPSA) is 65.1 Å². The van der Waals surface area contributed by atoms with Gasteiger partial charge in [0, 0.05) is 38.1 Å². The third kappa shape index (κ3) is 4.91. The zero-order chi connectivity index (χ0) is 12.9. The van der Waals surface area contributed by atoms with Gasteiger partial charge >= 0.3 is 0 Å². The Morgan fingerprint density at radius 3 is 2.29 bits per heavy atom. The number of nitrogens with zero attached hydrogens (tertiary/aromatic N) is 3. The fourth-order valence-corrected chi connectivity index (χ4v) is 2.18. The first-order chi connectivity index (χ1) is 7.93. The molecule has 5 heteroatoms. The fourth-order valence-electron chi connectivity index (χ4n) is 2.18. The number of piperazine rings is 1. The van der Waals surface area contributed by atoms with E-state index in [1.54, 1.807) is 0 Å². The van der Waals surface area contributed by atoms with Crippen LogP contribution in [0.15, 0.2) is 5.16 Å². The molecule has 0 unspecified atom stereocenters. The van der Waals surface area contributed by atoms with Crippen molar-refractivity contribution in [3.63, 3.8) is 0 Å². The van der Waals surface area contributed by atoms with Gasteiger partial charge in [0.15, 0.2) is 0 Å². The number of nitrogens with two attached hydrogens (primary N) is 1. The SMILES string of the molecule is CC(C)(C)N1CCN(CCCC(N)=NO)CC1. The van der Waals surface area contributed by atoms with Crippen molar-refractivity contribution >= 4 is 5.84 Å². The summed E-state index contributed by atoms with van der Waals surface area (Å²) >= 11 is 0.